The van der Waals surface area contributed by atoms with Crippen molar-refractivity contribution < 1.29 is 33.5 Å². The van der Waals surface area contributed by atoms with Crippen LogP contribution >= 0.6 is 0 Å². The Bertz CT molecular complexity index is 1470. The van der Waals surface area contributed by atoms with Crippen molar-refractivity contribution in [2.75, 3.05) is 4.90 Å². The molecule has 1 aliphatic heterocycles. The number of nitrogens with zero attached hydrogens (tertiary/aromatic N) is 2. The van der Waals surface area contributed by atoms with Gasteiger partial charge in [0.25, 0.3) is 0 Å². The highest BCUT2D eigenvalue weighted by molar-refractivity contribution is 6.10. The molecule has 1 heterocycles. The molecule has 8 nitrogen and oxygen atoms in total. The van der Waals surface area contributed by atoms with Crippen LogP contribution in [-0.2, 0) is 25.7 Å². The summed E-state index contributed by atoms with van der Waals surface area (Å²) < 4.78 is 15.0. The zero-order valence-corrected chi connectivity index (χ0v) is 25.0. The standard InChI is InChI=1S/C35H39FN2O6/c1-21(39)38-29(31(40)10-11-33(42)43)15-32(41)26-7-3-5-9-28(26)37(20-25-6-2-4-8-27(25)36)34(44)30(38)19-35-16-22-12-23(17-35)14-24(13-22)18-35/h2-9,22-24,29-30H,10-20H2,1H3,(H,42,43)/t22?,23?,24?,29-,30-,35?/m0/s1. The SMILES string of the molecule is CC(=O)N1[C@H](C(=O)CCC(=O)O)CC(=O)c2ccccc2N(Cc2ccccc2F)C(=O)[C@@H]1CC12CC3CC(CC(C3)C1)C2. The fourth-order valence-electron chi connectivity index (χ4n) is 9.16. The van der Waals surface area contributed by atoms with Gasteiger partial charge in [-0.05, 0) is 86.3 Å². The van der Waals surface area contributed by atoms with Crippen molar-refractivity contribution in [3.63, 3.8) is 0 Å². The molecule has 1 N–H and O–H groups in total. The van der Waals surface area contributed by atoms with Gasteiger partial charge in [0.1, 0.15) is 11.9 Å². The highest BCUT2D eigenvalue weighted by atomic mass is 19.1. The molecule has 2 aromatic rings. The number of amides is 2. The van der Waals surface area contributed by atoms with Crippen LogP contribution in [0.1, 0.15) is 87.1 Å². The molecular formula is C35H39FN2O6. The number of Topliss-reactive ketones (excluding diaryl/α,β-unsaturated/α-hetero) is 2. The maximum Gasteiger partial charge on any atom is 0.303 e. The molecule has 4 saturated carbocycles. The third-order valence-corrected chi connectivity index (χ3v) is 10.5. The van der Waals surface area contributed by atoms with E-state index >= 15 is 9.18 Å². The predicted molar refractivity (Wildman–Crippen MR) is 160 cm³/mol. The van der Waals surface area contributed by atoms with Gasteiger partial charge in [-0.3, -0.25) is 24.0 Å². The van der Waals surface area contributed by atoms with E-state index in [9.17, 15) is 24.3 Å². The Morgan fingerprint density at radius 2 is 1.52 bits per heavy atom. The van der Waals surface area contributed by atoms with Crippen LogP contribution in [-0.4, -0.2) is 51.4 Å². The van der Waals surface area contributed by atoms with Gasteiger partial charge < -0.3 is 14.9 Å². The summed E-state index contributed by atoms with van der Waals surface area (Å²) in [6, 6.07) is 10.4. The number of ketones is 2. The molecule has 7 rings (SSSR count). The summed E-state index contributed by atoms with van der Waals surface area (Å²) in [5.41, 5.74) is 0.591. The fourth-order valence-corrected chi connectivity index (χ4v) is 9.16. The molecular weight excluding hydrogens is 563 g/mol. The Morgan fingerprint density at radius 1 is 0.909 bits per heavy atom. The van der Waals surface area contributed by atoms with Gasteiger partial charge in [0, 0.05) is 30.9 Å². The minimum Gasteiger partial charge on any atom is -0.481 e. The number of anilines is 1. The molecule has 9 heteroatoms. The quantitative estimate of drug-likeness (QED) is 0.423. The second kappa shape index (κ2) is 11.9. The second-order valence-electron chi connectivity index (χ2n) is 13.6. The van der Waals surface area contributed by atoms with Crippen LogP contribution in [0.4, 0.5) is 10.1 Å². The van der Waals surface area contributed by atoms with Crippen molar-refractivity contribution in [2.24, 2.45) is 23.2 Å². The fraction of sp³-hybridized carbons (Fsp3) is 0.514. The molecule has 4 bridgehead atoms. The number of rotatable bonds is 8. The van der Waals surface area contributed by atoms with Gasteiger partial charge >= 0.3 is 5.97 Å². The molecule has 0 spiro atoms. The van der Waals surface area contributed by atoms with Crippen molar-refractivity contribution in [2.45, 2.75) is 89.8 Å². The summed E-state index contributed by atoms with van der Waals surface area (Å²) in [5.74, 6) is -1.92. The van der Waals surface area contributed by atoms with E-state index < -0.39 is 53.7 Å². The molecule has 2 amide bonds. The Hall–Kier alpha value is -3.88. The molecule has 44 heavy (non-hydrogen) atoms. The molecule has 4 fully saturated rings. The number of halogens is 1. The molecule has 5 aliphatic rings. The summed E-state index contributed by atoms with van der Waals surface area (Å²) in [6.07, 6.45) is 5.59. The van der Waals surface area contributed by atoms with Crippen LogP contribution in [0.5, 0.6) is 0 Å². The molecule has 0 aromatic heterocycles. The average Bonchev–Trinajstić information content (AvgIpc) is 3.00. The maximum absolute atomic E-state index is 15.0. The first kappa shape index (κ1) is 30.2. The highest BCUT2D eigenvalue weighted by Crippen LogP contribution is 2.62. The number of fused-ring (bicyclic) bond motifs is 1. The Labute approximate surface area is 256 Å². The summed E-state index contributed by atoms with van der Waals surface area (Å²) in [7, 11) is 0. The first-order valence-electron chi connectivity index (χ1n) is 15.7. The lowest BCUT2D eigenvalue weighted by molar-refractivity contribution is -0.149. The van der Waals surface area contributed by atoms with E-state index in [4.69, 9.17) is 0 Å². The zero-order valence-electron chi connectivity index (χ0n) is 25.0. The number of para-hydroxylation sites is 1. The van der Waals surface area contributed by atoms with Crippen LogP contribution in [0.15, 0.2) is 48.5 Å². The van der Waals surface area contributed by atoms with Crippen molar-refractivity contribution >= 4 is 35.0 Å². The van der Waals surface area contributed by atoms with E-state index in [-0.39, 0.29) is 35.9 Å². The maximum atomic E-state index is 15.0. The van der Waals surface area contributed by atoms with E-state index in [0.717, 1.165) is 19.3 Å². The minimum atomic E-state index is -1.29. The predicted octanol–water partition coefficient (Wildman–Crippen LogP) is 5.57. The minimum absolute atomic E-state index is 0.156. The molecule has 2 aromatic carbocycles. The van der Waals surface area contributed by atoms with Crippen molar-refractivity contribution in [1.29, 1.82) is 0 Å². The third kappa shape index (κ3) is 5.81. The summed E-state index contributed by atoms with van der Waals surface area (Å²) in [6.45, 7) is 1.14. The Morgan fingerprint density at radius 3 is 2.14 bits per heavy atom. The zero-order chi connectivity index (χ0) is 31.2. The van der Waals surface area contributed by atoms with Crippen molar-refractivity contribution in [1.82, 2.24) is 4.90 Å². The van der Waals surface area contributed by atoms with Crippen LogP contribution < -0.4 is 4.90 Å². The topological polar surface area (TPSA) is 112 Å². The normalized spacial score (nSPS) is 29.5. The number of benzene rings is 2. The van der Waals surface area contributed by atoms with E-state index in [1.807, 2.05) is 0 Å². The van der Waals surface area contributed by atoms with Crippen LogP contribution in [0.2, 0.25) is 0 Å². The number of carboxylic acids is 1. The number of hydrogen-bond donors (Lipinski definition) is 1. The molecule has 0 radical (unpaired) electrons. The smallest absolute Gasteiger partial charge is 0.303 e. The Kier molecular flexibility index (Phi) is 8.16. The van der Waals surface area contributed by atoms with Crippen LogP contribution in [0.3, 0.4) is 0 Å². The number of carboxylic acid groups (broad SMARTS) is 1. The second-order valence-corrected chi connectivity index (χ2v) is 13.6. The van der Waals surface area contributed by atoms with E-state index in [2.05, 4.69) is 0 Å². The van der Waals surface area contributed by atoms with Gasteiger partial charge in [0.05, 0.1) is 24.7 Å². The number of aliphatic carboxylic acids is 1. The summed E-state index contributed by atoms with van der Waals surface area (Å²) in [4.78, 5) is 70.3. The van der Waals surface area contributed by atoms with E-state index in [1.165, 1.54) is 42.1 Å². The molecule has 0 saturated heterocycles. The van der Waals surface area contributed by atoms with Crippen LogP contribution in [0.25, 0.3) is 0 Å². The number of carbonyl (C=O) groups excluding carboxylic acids is 4. The first-order chi connectivity index (χ1) is 21.0. The van der Waals surface area contributed by atoms with Gasteiger partial charge in [-0.25, -0.2) is 4.39 Å². The number of hydrogen-bond acceptors (Lipinski definition) is 5. The lowest BCUT2D eigenvalue weighted by atomic mass is 9.48. The van der Waals surface area contributed by atoms with Gasteiger partial charge in [0.15, 0.2) is 11.6 Å². The van der Waals surface area contributed by atoms with Gasteiger partial charge in [-0.1, -0.05) is 30.3 Å². The first-order valence-corrected chi connectivity index (χ1v) is 15.7. The largest absolute Gasteiger partial charge is 0.481 e. The number of carbonyl (C=O) groups is 5. The monoisotopic (exact) mass is 602 g/mol. The molecule has 232 valence electrons. The highest BCUT2D eigenvalue weighted by Gasteiger charge is 2.54. The van der Waals surface area contributed by atoms with Crippen molar-refractivity contribution in [3.8, 4) is 0 Å². The molecule has 4 aliphatic carbocycles. The van der Waals surface area contributed by atoms with Crippen LogP contribution in [0, 0.1) is 29.0 Å². The van der Waals surface area contributed by atoms with Gasteiger partial charge in [-0.2, -0.15) is 0 Å². The lowest BCUT2D eigenvalue weighted by Crippen LogP contribution is -2.59. The van der Waals surface area contributed by atoms with E-state index in [1.54, 1.807) is 42.5 Å². The average molecular weight is 603 g/mol. The molecule has 2 atom stereocenters. The third-order valence-electron chi connectivity index (χ3n) is 10.5. The molecule has 0 unspecified atom stereocenters. The summed E-state index contributed by atoms with van der Waals surface area (Å²) in [5, 5.41) is 9.31. The van der Waals surface area contributed by atoms with Crippen molar-refractivity contribution in [3.05, 3.63) is 65.5 Å². The lowest BCUT2D eigenvalue weighted by Gasteiger charge is -2.58. The van der Waals surface area contributed by atoms with E-state index in [0.29, 0.717) is 29.9 Å². The van der Waals surface area contributed by atoms with Gasteiger partial charge in [-0.15, -0.1) is 0 Å². The van der Waals surface area contributed by atoms with Gasteiger partial charge in [0.2, 0.25) is 11.8 Å². The summed E-state index contributed by atoms with van der Waals surface area (Å²) >= 11 is 0. The Balaban J connectivity index is 1.49.